The van der Waals surface area contributed by atoms with Crippen LogP contribution in [0.15, 0.2) is 47.3 Å². The van der Waals surface area contributed by atoms with Crippen molar-refractivity contribution in [3.05, 3.63) is 75.4 Å². The maximum atomic E-state index is 12.4. The van der Waals surface area contributed by atoms with Crippen molar-refractivity contribution in [2.45, 2.75) is 44.6 Å². The number of amides is 1. The summed E-state index contributed by atoms with van der Waals surface area (Å²) in [7, 11) is -3.74. The molecule has 0 radical (unpaired) electrons. The Morgan fingerprint density at radius 2 is 1.84 bits per heavy atom. The third-order valence-corrected chi connectivity index (χ3v) is 9.91. The number of nitrogens with zero attached hydrogens (tertiary/aromatic N) is 4. The Kier molecular flexibility index (Phi) is 7.19. The van der Waals surface area contributed by atoms with Crippen LogP contribution in [0.1, 0.15) is 65.4 Å². The maximum Gasteiger partial charge on any atom is 0.283 e. The van der Waals surface area contributed by atoms with Crippen LogP contribution >= 0.6 is 23.2 Å². The molecule has 1 saturated heterocycles. The van der Waals surface area contributed by atoms with Crippen LogP contribution in [0.2, 0.25) is 10.0 Å². The number of carbonyl (C=O) groups is 1. The highest BCUT2D eigenvalue weighted by Gasteiger charge is 2.44. The molecule has 2 N–H and O–H groups in total. The number of rotatable bonds is 7. The van der Waals surface area contributed by atoms with Crippen LogP contribution in [0.4, 0.5) is 5.69 Å². The molecule has 1 amide bonds. The van der Waals surface area contributed by atoms with Gasteiger partial charge in [0, 0.05) is 53.6 Å². The van der Waals surface area contributed by atoms with Gasteiger partial charge in [0.25, 0.3) is 5.91 Å². The second-order valence-corrected chi connectivity index (χ2v) is 14.5. The number of nitrogens with one attached hydrogen (secondary N) is 1. The van der Waals surface area contributed by atoms with E-state index in [4.69, 9.17) is 27.7 Å². The monoisotopic (exact) mass is 653 g/mol. The number of hydrogen-bond acceptors (Lipinski definition) is 9. The van der Waals surface area contributed by atoms with E-state index in [1.54, 1.807) is 18.5 Å². The molecule has 1 aromatic carbocycles. The fraction of sp³-hybridized carbons (Fsp3) is 0.355. The number of anilines is 1. The standard InChI is InChI=1S/C31H29Cl2N5O5S/c1-44(41,42)37-30(40)25-10-18(16-39)21-11-20(4-5-24(21)35-25)38-8-6-31(7-9-38)12-19(13-31)26-28(36-43-29(26)17-2-3-17)27-22(32)14-34-15-23(27)33/h4-5,10-12,14-15,17,39H,2-3,6-9,13,16H2,1H3,(H,37,40). The number of fused-ring (bicyclic) bond motifs is 1. The lowest BCUT2D eigenvalue weighted by Gasteiger charge is -2.47. The van der Waals surface area contributed by atoms with Crippen molar-refractivity contribution in [1.29, 1.82) is 0 Å². The Bertz CT molecular complexity index is 1940. The van der Waals surface area contributed by atoms with Crippen molar-refractivity contribution in [2.75, 3.05) is 24.2 Å². The summed E-state index contributed by atoms with van der Waals surface area (Å²) in [6.45, 7) is 1.38. The SMILES string of the molecule is CS(=O)(=O)NC(=O)c1cc(CO)c2cc(N3CCC4(C=C(c5c(-c6c(Cl)cncc6Cl)noc5C5CC5)C4)CC3)ccc2n1. The molecule has 10 nitrogen and oxygen atoms in total. The van der Waals surface area contributed by atoms with Gasteiger partial charge in [-0.15, -0.1) is 0 Å². The topological polar surface area (TPSA) is 139 Å². The van der Waals surface area contributed by atoms with Crippen molar-refractivity contribution in [1.82, 2.24) is 19.8 Å². The number of piperidine rings is 1. The van der Waals surface area contributed by atoms with Gasteiger partial charge in [0.05, 0.1) is 28.4 Å². The van der Waals surface area contributed by atoms with Crippen molar-refractivity contribution in [3.63, 3.8) is 0 Å². The number of aliphatic hydroxyl groups excluding tert-OH is 1. The Balaban J connectivity index is 1.11. The van der Waals surface area contributed by atoms with Gasteiger partial charge in [0.15, 0.2) is 0 Å². The summed E-state index contributed by atoms with van der Waals surface area (Å²) >= 11 is 13.0. The molecule has 3 aromatic heterocycles. The molecule has 4 heterocycles. The van der Waals surface area contributed by atoms with Crippen LogP contribution in [-0.4, -0.2) is 53.9 Å². The van der Waals surface area contributed by atoms with Crippen LogP contribution in [0.5, 0.6) is 0 Å². The van der Waals surface area contributed by atoms with Gasteiger partial charge in [-0.2, -0.15) is 0 Å². The lowest BCUT2D eigenvalue weighted by Crippen LogP contribution is -2.42. The third kappa shape index (κ3) is 5.36. The molecule has 0 unspecified atom stereocenters. The summed E-state index contributed by atoms with van der Waals surface area (Å²) < 4.78 is 30.8. The molecule has 228 valence electrons. The molecule has 44 heavy (non-hydrogen) atoms. The average molecular weight is 655 g/mol. The number of carbonyl (C=O) groups excluding carboxylic acids is 1. The maximum absolute atomic E-state index is 12.4. The smallest absolute Gasteiger partial charge is 0.283 e. The van der Waals surface area contributed by atoms with Crippen molar-refractivity contribution >= 4 is 61.3 Å². The molecule has 13 heteroatoms. The van der Waals surface area contributed by atoms with E-state index in [0.29, 0.717) is 43.7 Å². The zero-order valence-corrected chi connectivity index (χ0v) is 26.1. The number of hydrogen-bond donors (Lipinski definition) is 2. The lowest BCUT2D eigenvalue weighted by atomic mass is 9.63. The first-order chi connectivity index (χ1) is 21.0. The average Bonchev–Trinajstić information content (AvgIpc) is 3.73. The third-order valence-electron chi connectivity index (χ3n) is 8.78. The molecule has 1 aliphatic heterocycles. The van der Waals surface area contributed by atoms with Crippen LogP contribution in [0.3, 0.4) is 0 Å². The number of aliphatic hydroxyl groups is 1. The van der Waals surface area contributed by atoms with Gasteiger partial charge in [0.2, 0.25) is 10.0 Å². The quantitative estimate of drug-likeness (QED) is 0.256. The zero-order valence-electron chi connectivity index (χ0n) is 23.8. The normalized spacial score (nSPS) is 17.9. The highest BCUT2D eigenvalue weighted by Crippen LogP contribution is 2.56. The van der Waals surface area contributed by atoms with Gasteiger partial charge < -0.3 is 14.5 Å². The molecule has 2 fully saturated rings. The highest BCUT2D eigenvalue weighted by atomic mass is 35.5. The number of pyridine rings is 2. The first kappa shape index (κ1) is 29.2. The van der Waals surface area contributed by atoms with Gasteiger partial charge in [-0.1, -0.05) is 34.4 Å². The van der Waals surface area contributed by atoms with E-state index in [0.717, 1.165) is 68.5 Å². The summed E-state index contributed by atoms with van der Waals surface area (Å²) in [4.78, 5) is 23.1. The summed E-state index contributed by atoms with van der Waals surface area (Å²) in [6.07, 6.45) is 11.5. The minimum absolute atomic E-state index is 0.0680. The van der Waals surface area contributed by atoms with Crippen LogP contribution in [-0.2, 0) is 16.6 Å². The first-order valence-corrected chi connectivity index (χ1v) is 17.0. The molecule has 0 atom stereocenters. The number of benzene rings is 1. The van der Waals surface area contributed by atoms with Crippen LogP contribution < -0.4 is 9.62 Å². The Morgan fingerprint density at radius 1 is 1.14 bits per heavy atom. The van der Waals surface area contributed by atoms with E-state index in [2.05, 4.69) is 26.1 Å². The molecule has 0 bridgehead atoms. The summed E-state index contributed by atoms with van der Waals surface area (Å²) in [5, 5.41) is 16.1. The second-order valence-electron chi connectivity index (χ2n) is 11.9. The molecule has 4 aromatic rings. The molecule has 7 rings (SSSR count). The van der Waals surface area contributed by atoms with Gasteiger partial charge in [-0.05, 0) is 72.9 Å². The largest absolute Gasteiger partial charge is 0.392 e. The Morgan fingerprint density at radius 3 is 2.48 bits per heavy atom. The highest BCUT2D eigenvalue weighted by molar-refractivity contribution is 7.89. The molecule has 1 saturated carbocycles. The molecular formula is C31H29Cl2N5O5S. The van der Waals surface area contributed by atoms with E-state index < -0.39 is 15.9 Å². The minimum Gasteiger partial charge on any atom is -0.392 e. The molecule has 1 spiro atoms. The Labute approximate surface area is 264 Å². The number of allylic oxidation sites excluding steroid dienone is 2. The fourth-order valence-electron chi connectivity index (χ4n) is 6.41. The van der Waals surface area contributed by atoms with E-state index >= 15 is 0 Å². The number of aromatic nitrogens is 3. The summed E-state index contributed by atoms with van der Waals surface area (Å²) in [5.74, 6) is 0.460. The van der Waals surface area contributed by atoms with Crippen molar-refractivity contribution < 1.29 is 22.8 Å². The molecule has 3 aliphatic rings. The van der Waals surface area contributed by atoms with Crippen LogP contribution in [0.25, 0.3) is 27.7 Å². The van der Waals surface area contributed by atoms with Crippen molar-refractivity contribution in [2.24, 2.45) is 5.41 Å². The minimum atomic E-state index is -3.74. The van der Waals surface area contributed by atoms with E-state index in [9.17, 15) is 18.3 Å². The van der Waals surface area contributed by atoms with E-state index in [-0.39, 0.29) is 17.7 Å². The Hall–Kier alpha value is -3.51. The summed E-state index contributed by atoms with van der Waals surface area (Å²) in [6, 6.07) is 7.15. The van der Waals surface area contributed by atoms with Gasteiger partial charge in [0.1, 0.15) is 17.1 Å². The van der Waals surface area contributed by atoms with Gasteiger partial charge in [-0.3, -0.25) is 9.78 Å². The molecular weight excluding hydrogens is 625 g/mol. The van der Waals surface area contributed by atoms with E-state index in [1.165, 1.54) is 11.6 Å². The number of sulfonamides is 1. The lowest BCUT2D eigenvalue weighted by molar-refractivity contribution is 0.0977. The van der Waals surface area contributed by atoms with Crippen LogP contribution in [0, 0.1) is 5.41 Å². The van der Waals surface area contributed by atoms with Gasteiger partial charge >= 0.3 is 0 Å². The van der Waals surface area contributed by atoms with E-state index in [1.807, 2.05) is 16.9 Å². The first-order valence-electron chi connectivity index (χ1n) is 14.4. The number of halogens is 2. The zero-order chi connectivity index (χ0) is 30.8. The summed E-state index contributed by atoms with van der Waals surface area (Å²) in [5.41, 5.74) is 5.61. The predicted molar refractivity (Wildman–Crippen MR) is 168 cm³/mol. The van der Waals surface area contributed by atoms with Crippen molar-refractivity contribution in [3.8, 4) is 11.3 Å². The second kappa shape index (κ2) is 10.8. The van der Waals surface area contributed by atoms with Gasteiger partial charge in [-0.25, -0.2) is 18.1 Å². The predicted octanol–water partition coefficient (Wildman–Crippen LogP) is 5.72. The molecule has 2 aliphatic carbocycles. The fourth-order valence-corrected chi connectivity index (χ4v) is 7.39.